The minimum Gasteiger partial charge on any atom is -0.126 e. The van der Waals surface area contributed by atoms with Gasteiger partial charge in [-0.15, -0.1) is 9.13 Å². The first-order valence-electron chi connectivity index (χ1n) is 10.0. The highest BCUT2D eigenvalue weighted by atomic mass is 15.3. The fourth-order valence-corrected chi connectivity index (χ4v) is 5.41. The van der Waals surface area contributed by atoms with Crippen LogP contribution < -0.4 is 9.13 Å². The summed E-state index contributed by atoms with van der Waals surface area (Å²) in [5.41, 5.74) is 7.39. The van der Waals surface area contributed by atoms with E-state index < -0.39 is 5.66 Å². The van der Waals surface area contributed by atoms with E-state index in [0.29, 0.717) is 0 Å². The molecule has 2 aliphatic heterocycles. The molecule has 1 atom stereocenters. The third-order valence-corrected chi connectivity index (χ3v) is 6.53. The Morgan fingerprint density at radius 3 is 1.93 bits per heavy atom. The first-order chi connectivity index (χ1) is 14.4. The Morgan fingerprint density at radius 1 is 0.517 bits per heavy atom. The number of rotatable bonds is 0. The maximum atomic E-state index is 2.48. The fourth-order valence-electron chi connectivity index (χ4n) is 5.41. The van der Waals surface area contributed by atoms with Crippen molar-refractivity contribution in [3.05, 3.63) is 121 Å². The Bertz CT molecular complexity index is 1420. The summed E-state index contributed by atoms with van der Waals surface area (Å²) in [4.78, 5) is 0. The van der Waals surface area contributed by atoms with Crippen molar-refractivity contribution in [1.29, 1.82) is 0 Å². The second-order valence-electron chi connectivity index (χ2n) is 7.88. The van der Waals surface area contributed by atoms with E-state index in [1.54, 1.807) is 0 Å². The van der Waals surface area contributed by atoms with E-state index in [4.69, 9.17) is 0 Å². The van der Waals surface area contributed by atoms with Crippen LogP contribution in [0.2, 0.25) is 0 Å². The zero-order valence-electron chi connectivity index (χ0n) is 15.8. The van der Waals surface area contributed by atoms with Crippen LogP contribution in [-0.2, 0) is 5.66 Å². The Morgan fingerprint density at radius 2 is 1.14 bits per heavy atom. The molecule has 1 spiro atoms. The zero-order valence-corrected chi connectivity index (χ0v) is 15.8. The zero-order chi connectivity index (χ0) is 19.0. The Balaban J connectivity index is 1.74. The Kier molecular flexibility index (Phi) is 2.71. The number of benzene rings is 3. The molecule has 2 nitrogen and oxygen atoms in total. The summed E-state index contributed by atoms with van der Waals surface area (Å²) in [5.74, 6) is 0. The van der Waals surface area contributed by atoms with Crippen LogP contribution in [0.5, 0.6) is 0 Å². The van der Waals surface area contributed by atoms with E-state index in [1.165, 1.54) is 44.4 Å². The average Bonchev–Trinajstić information content (AvgIpc) is 3.25. The molecule has 3 aromatic carbocycles. The maximum absolute atomic E-state index is 2.48. The van der Waals surface area contributed by atoms with E-state index in [1.807, 2.05) is 0 Å². The summed E-state index contributed by atoms with van der Waals surface area (Å²) in [6.07, 6.45) is 4.56. The third kappa shape index (κ3) is 1.69. The van der Waals surface area contributed by atoms with Crippen molar-refractivity contribution in [2.75, 3.05) is 0 Å². The summed E-state index contributed by atoms with van der Waals surface area (Å²) in [6.45, 7) is 0. The molecule has 4 heterocycles. The van der Waals surface area contributed by atoms with Gasteiger partial charge in [0, 0.05) is 23.6 Å². The standard InChI is InChI=1S/C27H18N2/c1-2-10-20-18-29-26(17-19(20)9-1)22-12-4-6-14-24(22)27(29)23-13-5-3-11-21(23)25-15-7-8-16-28(25)27/h1-18H/q+2. The van der Waals surface area contributed by atoms with Crippen LogP contribution in [0, 0.1) is 0 Å². The minimum absolute atomic E-state index is 0.400. The van der Waals surface area contributed by atoms with Gasteiger partial charge < -0.3 is 0 Å². The molecule has 29 heavy (non-hydrogen) atoms. The van der Waals surface area contributed by atoms with Crippen LogP contribution in [0.25, 0.3) is 33.3 Å². The van der Waals surface area contributed by atoms with Gasteiger partial charge in [0.1, 0.15) is 11.1 Å². The molecular weight excluding hydrogens is 352 g/mol. The molecule has 134 valence electrons. The van der Waals surface area contributed by atoms with Crippen LogP contribution in [0.3, 0.4) is 0 Å². The molecular formula is C27H18N2+2. The van der Waals surface area contributed by atoms with Gasteiger partial charge in [-0.3, -0.25) is 0 Å². The summed E-state index contributed by atoms with van der Waals surface area (Å²) in [6, 6.07) is 35.2. The van der Waals surface area contributed by atoms with Crippen LogP contribution in [-0.4, -0.2) is 0 Å². The predicted octanol–water partition coefficient (Wildman–Crippen LogP) is 4.67. The molecule has 0 aliphatic carbocycles. The molecule has 7 rings (SSSR count). The summed E-state index contributed by atoms with van der Waals surface area (Å²) < 4.78 is 4.93. The normalized spacial score (nSPS) is 17.8. The van der Waals surface area contributed by atoms with Crippen molar-refractivity contribution in [2.45, 2.75) is 5.66 Å². The molecule has 0 fully saturated rings. The summed E-state index contributed by atoms with van der Waals surface area (Å²) >= 11 is 0. The second kappa shape index (κ2) is 5.18. The lowest BCUT2D eigenvalue weighted by molar-refractivity contribution is -0.954. The third-order valence-electron chi connectivity index (χ3n) is 6.53. The predicted molar refractivity (Wildman–Crippen MR) is 113 cm³/mol. The molecule has 2 aliphatic rings. The first-order valence-corrected chi connectivity index (χ1v) is 10.0. The second-order valence-corrected chi connectivity index (χ2v) is 7.88. The van der Waals surface area contributed by atoms with Gasteiger partial charge in [-0.25, -0.2) is 0 Å². The van der Waals surface area contributed by atoms with Crippen LogP contribution in [0.1, 0.15) is 11.1 Å². The molecule has 2 heteroatoms. The molecule has 0 saturated heterocycles. The van der Waals surface area contributed by atoms with Gasteiger partial charge in [-0.05, 0) is 41.8 Å². The summed E-state index contributed by atoms with van der Waals surface area (Å²) in [5, 5.41) is 2.53. The minimum atomic E-state index is -0.400. The molecule has 0 bridgehead atoms. The van der Waals surface area contributed by atoms with Crippen molar-refractivity contribution < 1.29 is 9.13 Å². The lowest BCUT2D eigenvalue weighted by Crippen LogP contribution is -2.71. The average molecular weight is 370 g/mol. The molecule has 2 aromatic heterocycles. The van der Waals surface area contributed by atoms with Crippen molar-refractivity contribution in [2.24, 2.45) is 0 Å². The lowest BCUT2D eigenvalue weighted by atomic mass is 9.90. The van der Waals surface area contributed by atoms with Gasteiger partial charge in [0.2, 0.25) is 11.4 Å². The number of hydrogen-bond donors (Lipinski definition) is 0. The van der Waals surface area contributed by atoms with Gasteiger partial charge in [0.15, 0.2) is 12.4 Å². The number of hydrogen-bond acceptors (Lipinski definition) is 0. The van der Waals surface area contributed by atoms with Gasteiger partial charge >= 0.3 is 5.66 Å². The quantitative estimate of drug-likeness (QED) is 0.343. The van der Waals surface area contributed by atoms with Crippen molar-refractivity contribution in [3.8, 4) is 22.5 Å². The monoisotopic (exact) mass is 370 g/mol. The molecule has 1 unspecified atom stereocenters. The van der Waals surface area contributed by atoms with Gasteiger partial charge in [0.05, 0.1) is 11.1 Å². The SMILES string of the molecule is c1ccc2c(c1)-c1cccc[n+]1C21c2ccccc2-c2cc3ccccc3c[n+]21. The number of pyridine rings is 2. The first kappa shape index (κ1) is 15.2. The van der Waals surface area contributed by atoms with Crippen LogP contribution in [0.15, 0.2) is 109 Å². The van der Waals surface area contributed by atoms with E-state index in [2.05, 4.69) is 119 Å². The van der Waals surface area contributed by atoms with E-state index >= 15 is 0 Å². The maximum Gasteiger partial charge on any atom is 0.417 e. The summed E-state index contributed by atoms with van der Waals surface area (Å²) in [7, 11) is 0. The highest BCUT2D eigenvalue weighted by Gasteiger charge is 2.66. The Hall–Kier alpha value is -3.78. The van der Waals surface area contributed by atoms with Crippen LogP contribution >= 0.6 is 0 Å². The molecule has 0 saturated carbocycles. The Labute approximate surface area is 168 Å². The molecule has 0 radical (unpaired) electrons. The van der Waals surface area contributed by atoms with Gasteiger partial charge in [0.25, 0.3) is 0 Å². The number of aromatic nitrogens is 2. The van der Waals surface area contributed by atoms with Crippen molar-refractivity contribution >= 4 is 10.8 Å². The molecule has 0 N–H and O–H groups in total. The molecule has 5 aromatic rings. The van der Waals surface area contributed by atoms with Gasteiger partial charge in [-0.1, -0.05) is 42.5 Å². The van der Waals surface area contributed by atoms with Crippen molar-refractivity contribution in [3.63, 3.8) is 0 Å². The number of nitrogens with zero attached hydrogens (tertiary/aromatic N) is 2. The highest BCUT2D eigenvalue weighted by Crippen LogP contribution is 2.46. The van der Waals surface area contributed by atoms with E-state index in [9.17, 15) is 0 Å². The fraction of sp³-hybridized carbons (Fsp3) is 0.0370. The molecule has 0 amide bonds. The van der Waals surface area contributed by atoms with E-state index in [0.717, 1.165) is 0 Å². The lowest BCUT2D eigenvalue weighted by Gasteiger charge is -2.17. The van der Waals surface area contributed by atoms with Crippen LogP contribution in [0.4, 0.5) is 0 Å². The van der Waals surface area contributed by atoms with Gasteiger partial charge in [-0.2, -0.15) is 0 Å². The van der Waals surface area contributed by atoms with E-state index in [-0.39, 0.29) is 0 Å². The highest BCUT2D eigenvalue weighted by molar-refractivity contribution is 5.85. The number of fused-ring (bicyclic) bond motifs is 11. The topological polar surface area (TPSA) is 7.76 Å². The smallest absolute Gasteiger partial charge is 0.126 e. The largest absolute Gasteiger partial charge is 0.417 e. The van der Waals surface area contributed by atoms with Crippen molar-refractivity contribution in [1.82, 2.24) is 0 Å².